The zero-order valence-electron chi connectivity index (χ0n) is 14.7. The average Bonchev–Trinajstić information content (AvgIpc) is 3.14. The highest BCUT2D eigenvalue weighted by molar-refractivity contribution is 6.00. The highest BCUT2D eigenvalue weighted by atomic mass is 16.2. The van der Waals surface area contributed by atoms with Crippen molar-refractivity contribution in [1.82, 2.24) is 25.0 Å². The van der Waals surface area contributed by atoms with Crippen LogP contribution in [0.3, 0.4) is 0 Å². The maximum absolute atomic E-state index is 13.2. The van der Waals surface area contributed by atoms with E-state index in [2.05, 4.69) is 17.2 Å². The van der Waals surface area contributed by atoms with Crippen LogP contribution in [0.4, 0.5) is 0 Å². The molecule has 1 unspecified atom stereocenters. The van der Waals surface area contributed by atoms with Crippen LogP contribution in [0.2, 0.25) is 0 Å². The van der Waals surface area contributed by atoms with Gasteiger partial charge in [-0.25, -0.2) is 4.68 Å². The molecule has 0 saturated carbocycles. The normalized spacial score (nSPS) is 17.3. The molecule has 0 radical (unpaired) electrons. The third kappa shape index (κ3) is 3.23. The molecule has 1 aliphatic heterocycles. The van der Waals surface area contributed by atoms with E-state index in [1.165, 1.54) is 0 Å². The van der Waals surface area contributed by atoms with Crippen LogP contribution in [0.25, 0.3) is 16.9 Å². The number of pyridine rings is 1. The third-order valence-corrected chi connectivity index (χ3v) is 4.56. The van der Waals surface area contributed by atoms with Crippen LogP contribution >= 0.6 is 0 Å². The van der Waals surface area contributed by atoms with E-state index in [1.54, 1.807) is 17.1 Å². The first-order valence-corrected chi connectivity index (χ1v) is 8.80. The van der Waals surface area contributed by atoms with Crippen molar-refractivity contribution in [2.45, 2.75) is 13.0 Å². The van der Waals surface area contributed by atoms with Gasteiger partial charge in [0.15, 0.2) is 0 Å². The van der Waals surface area contributed by atoms with E-state index in [1.807, 2.05) is 53.6 Å². The molecule has 26 heavy (non-hydrogen) atoms. The minimum Gasteiger partial charge on any atom is -0.336 e. The lowest BCUT2D eigenvalue weighted by Gasteiger charge is -2.31. The van der Waals surface area contributed by atoms with Gasteiger partial charge in [0.05, 0.1) is 11.3 Å². The highest BCUT2D eigenvalue weighted by Gasteiger charge is 2.26. The zero-order valence-corrected chi connectivity index (χ0v) is 14.7. The lowest BCUT2D eigenvalue weighted by Crippen LogP contribution is -2.51. The molecule has 4 rings (SSSR count). The summed E-state index contributed by atoms with van der Waals surface area (Å²) >= 11 is 0. The molecule has 0 aliphatic carbocycles. The van der Waals surface area contributed by atoms with E-state index in [-0.39, 0.29) is 5.91 Å². The summed E-state index contributed by atoms with van der Waals surface area (Å²) in [7, 11) is 0. The van der Waals surface area contributed by atoms with Gasteiger partial charge in [-0.3, -0.25) is 9.78 Å². The molecule has 0 bridgehead atoms. The number of aromatic nitrogens is 3. The van der Waals surface area contributed by atoms with Gasteiger partial charge >= 0.3 is 0 Å². The average molecular weight is 347 g/mol. The molecule has 6 nitrogen and oxygen atoms in total. The number of hydrogen-bond donors (Lipinski definition) is 1. The number of amides is 1. The summed E-state index contributed by atoms with van der Waals surface area (Å²) in [5.74, 6) is 0.0133. The van der Waals surface area contributed by atoms with Crippen molar-refractivity contribution in [3.8, 4) is 16.9 Å². The summed E-state index contributed by atoms with van der Waals surface area (Å²) < 4.78 is 1.77. The van der Waals surface area contributed by atoms with E-state index >= 15 is 0 Å². The van der Waals surface area contributed by atoms with Gasteiger partial charge in [-0.2, -0.15) is 5.10 Å². The molecule has 1 amide bonds. The molecule has 1 aromatic carbocycles. The molecule has 1 saturated heterocycles. The van der Waals surface area contributed by atoms with E-state index in [0.717, 1.165) is 17.8 Å². The minimum absolute atomic E-state index is 0.0133. The number of benzene rings is 1. The maximum atomic E-state index is 13.2. The zero-order chi connectivity index (χ0) is 17.9. The van der Waals surface area contributed by atoms with E-state index in [0.29, 0.717) is 30.4 Å². The van der Waals surface area contributed by atoms with Gasteiger partial charge in [0.2, 0.25) is 0 Å². The van der Waals surface area contributed by atoms with Crippen LogP contribution in [0.5, 0.6) is 0 Å². The molecule has 6 heteroatoms. The van der Waals surface area contributed by atoms with Crippen molar-refractivity contribution in [2.24, 2.45) is 0 Å². The molecule has 3 heterocycles. The second-order valence-corrected chi connectivity index (χ2v) is 6.52. The molecular weight excluding hydrogens is 326 g/mol. The van der Waals surface area contributed by atoms with Crippen molar-refractivity contribution in [3.63, 3.8) is 0 Å². The van der Waals surface area contributed by atoms with E-state index in [4.69, 9.17) is 5.10 Å². The van der Waals surface area contributed by atoms with Crippen molar-refractivity contribution in [2.75, 3.05) is 19.6 Å². The summed E-state index contributed by atoms with van der Waals surface area (Å²) in [4.78, 5) is 19.3. The first-order valence-electron chi connectivity index (χ1n) is 8.80. The monoisotopic (exact) mass is 347 g/mol. The molecule has 1 atom stereocenters. The van der Waals surface area contributed by atoms with E-state index in [9.17, 15) is 4.79 Å². The lowest BCUT2D eigenvalue weighted by molar-refractivity contribution is 0.0710. The van der Waals surface area contributed by atoms with Crippen molar-refractivity contribution < 1.29 is 4.79 Å². The number of carbonyl (C=O) groups excluding carboxylic acids is 1. The number of hydrogen-bond acceptors (Lipinski definition) is 4. The number of carbonyl (C=O) groups is 1. The Bertz CT molecular complexity index is 891. The molecule has 3 aromatic rings. The fraction of sp³-hybridized carbons (Fsp3) is 0.250. The predicted octanol–water partition coefficient (Wildman–Crippen LogP) is 2.37. The largest absolute Gasteiger partial charge is 0.336 e. The smallest absolute Gasteiger partial charge is 0.257 e. The van der Waals surface area contributed by atoms with Crippen LogP contribution in [0, 0.1) is 0 Å². The van der Waals surface area contributed by atoms with Crippen molar-refractivity contribution in [1.29, 1.82) is 0 Å². The van der Waals surface area contributed by atoms with Gasteiger partial charge in [0.25, 0.3) is 5.91 Å². The first kappa shape index (κ1) is 16.5. The molecule has 1 aliphatic rings. The van der Waals surface area contributed by atoms with Crippen LogP contribution in [0.15, 0.2) is 61.1 Å². The summed E-state index contributed by atoms with van der Waals surface area (Å²) in [5.41, 5.74) is 3.04. The molecular formula is C20H21N5O. The van der Waals surface area contributed by atoms with Gasteiger partial charge in [-0.05, 0) is 31.2 Å². The fourth-order valence-electron chi connectivity index (χ4n) is 3.25. The van der Waals surface area contributed by atoms with Crippen molar-refractivity contribution >= 4 is 5.91 Å². The highest BCUT2D eigenvalue weighted by Crippen LogP contribution is 2.24. The Morgan fingerprint density at radius 3 is 2.77 bits per heavy atom. The van der Waals surface area contributed by atoms with Crippen LogP contribution in [-0.4, -0.2) is 51.2 Å². The lowest BCUT2D eigenvalue weighted by atomic mass is 10.1. The SMILES string of the molecule is CC1CN(C(=O)c2cn(-c3ccccc3)nc2-c2cccnc2)CCN1. The topological polar surface area (TPSA) is 63.1 Å². The molecule has 2 aromatic heterocycles. The quantitative estimate of drug-likeness (QED) is 0.790. The van der Waals surface area contributed by atoms with Gasteiger partial charge in [0, 0.05) is 49.8 Å². The second kappa shape index (κ2) is 7.09. The van der Waals surface area contributed by atoms with Crippen molar-refractivity contribution in [3.05, 3.63) is 66.6 Å². The number of nitrogens with one attached hydrogen (secondary N) is 1. The second-order valence-electron chi connectivity index (χ2n) is 6.52. The minimum atomic E-state index is 0.0133. The third-order valence-electron chi connectivity index (χ3n) is 4.56. The number of para-hydroxylation sites is 1. The molecule has 1 fully saturated rings. The Morgan fingerprint density at radius 1 is 1.19 bits per heavy atom. The van der Waals surface area contributed by atoms with Gasteiger partial charge in [0.1, 0.15) is 5.69 Å². The Labute approximate surface area is 152 Å². The van der Waals surface area contributed by atoms with Gasteiger partial charge in [-0.15, -0.1) is 0 Å². The Balaban J connectivity index is 1.77. The van der Waals surface area contributed by atoms with Crippen LogP contribution < -0.4 is 5.32 Å². The number of rotatable bonds is 3. The predicted molar refractivity (Wildman–Crippen MR) is 100 cm³/mol. The Morgan fingerprint density at radius 2 is 2.04 bits per heavy atom. The Kier molecular flexibility index (Phi) is 4.50. The molecule has 132 valence electrons. The maximum Gasteiger partial charge on any atom is 0.257 e. The Hall–Kier alpha value is -2.99. The summed E-state index contributed by atoms with van der Waals surface area (Å²) in [5, 5.41) is 8.07. The number of piperazine rings is 1. The standard InChI is InChI=1S/C20H21N5O/c1-15-13-24(11-10-22-15)20(26)18-14-25(17-7-3-2-4-8-17)23-19(18)16-6-5-9-21-12-16/h2-9,12,14-15,22H,10-11,13H2,1H3. The number of nitrogens with zero attached hydrogens (tertiary/aromatic N) is 4. The van der Waals surface area contributed by atoms with Crippen LogP contribution in [0.1, 0.15) is 17.3 Å². The summed E-state index contributed by atoms with van der Waals surface area (Å²) in [6, 6.07) is 13.9. The summed E-state index contributed by atoms with van der Waals surface area (Å²) in [6.45, 7) is 4.30. The molecule has 1 N–H and O–H groups in total. The van der Waals surface area contributed by atoms with E-state index < -0.39 is 0 Å². The summed E-state index contributed by atoms with van der Waals surface area (Å²) in [6.07, 6.45) is 5.29. The first-order chi connectivity index (χ1) is 12.7. The molecule has 0 spiro atoms. The van der Waals surface area contributed by atoms with Gasteiger partial charge in [-0.1, -0.05) is 18.2 Å². The fourth-order valence-corrected chi connectivity index (χ4v) is 3.25. The van der Waals surface area contributed by atoms with Crippen LogP contribution in [-0.2, 0) is 0 Å². The van der Waals surface area contributed by atoms with Gasteiger partial charge < -0.3 is 10.2 Å².